The standard InChI is InChI=1S/C10H20O2/c1-5-11-6-10-8(3)7(2)9(4)12-10/h7-10H,5-6H2,1-4H3. The monoisotopic (exact) mass is 172 g/mol. The zero-order valence-electron chi connectivity index (χ0n) is 8.54. The highest BCUT2D eigenvalue weighted by Crippen LogP contribution is 2.31. The number of ether oxygens (including phenoxy) is 2. The Morgan fingerprint density at radius 1 is 1.17 bits per heavy atom. The van der Waals surface area contributed by atoms with Crippen LogP contribution in [0.1, 0.15) is 27.7 Å². The molecule has 2 nitrogen and oxygen atoms in total. The van der Waals surface area contributed by atoms with E-state index >= 15 is 0 Å². The Bertz CT molecular complexity index is 136. The molecule has 4 atom stereocenters. The molecule has 2 heteroatoms. The van der Waals surface area contributed by atoms with Crippen LogP contribution in [-0.4, -0.2) is 25.4 Å². The Labute approximate surface area is 75.2 Å². The summed E-state index contributed by atoms with van der Waals surface area (Å²) >= 11 is 0. The minimum Gasteiger partial charge on any atom is -0.379 e. The average molecular weight is 172 g/mol. The minimum atomic E-state index is 0.315. The molecule has 0 aromatic carbocycles. The highest BCUT2D eigenvalue weighted by molar-refractivity contribution is 4.83. The van der Waals surface area contributed by atoms with Crippen LogP contribution in [0.25, 0.3) is 0 Å². The maximum atomic E-state index is 5.76. The van der Waals surface area contributed by atoms with Gasteiger partial charge in [0.25, 0.3) is 0 Å². The topological polar surface area (TPSA) is 18.5 Å². The van der Waals surface area contributed by atoms with Gasteiger partial charge in [-0.25, -0.2) is 0 Å². The van der Waals surface area contributed by atoms with Crippen LogP contribution in [0.15, 0.2) is 0 Å². The molecule has 0 N–H and O–H groups in total. The van der Waals surface area contributed by atoms with Gasteiger partial charge in [-0.2, -0.15) is 0 Å². The van der Waals surface area contributed by atoms with Gasteiger partial charge in [0.2, 0.25) is 0 Å². The number of rotatable bonds is 3. The fourth-order valence-corrected chi connectivity index (χ4v) is 1.71. The Morgan fingerprint density at radius 2 is 1.83 bits per heavy atom. The van der Waals surface area contributed by atoms with Crippen molar-refractivity contribution in [3.63, 3.8) is 0 Å². The van der Waals surface area contributed by atoms with Crippen LogP contribution in [0.5, 0.6) is 0 Å². The first kappa shape index (κ1) is 10.0. The van der Waals surface area contributed by atoms with E-state index in [0.29, 0.717) is 24.0 Å². The largest absolute Gasteiger partial charge is 0.379 e. The van der Waals surface area contributed by atoms with Gasteiger partial charge < -0.3 is 9.47 Å². The third-order valence-corrected chi connectivity index (χ3v) is 3.03. The van der Waals surface area contributed by atoms with Crippen LogP contribution in [-0.2, 0) is 9.47 Å². The zero-order valence-corrected chi connectivity index (χ0v) is 8.54. The third-order valence-electron chi connectivity index (χ3n) is 3.03. The molecule has 0 aliphatic carbocycles. The lowest BCUT2D eigenvalue weighted by Gasteiger charge is -2.15. The fraction of sp³-hybridized carbons (Fsp3) is 1.00. The summed E-state index contributed by atoms with van der Waals surface area (Å²) in [5.41, 5.74) is 0. The second-order valence-corrected chi connectivity index (χ2v) is 3.76. The molecule has 72 valence electrons. The molecular formula is C10H20O2. The summed E-state index contributed by atoms with van der Waals surface area (Å²) in [7, 11) is 0. The molecule has 0 aromatic rings. The molecule has 4 unspecified atom stereocenters. The van der Waals surface area contributed by atoms with Crippen LogP contribution < -0.4 is 0 Å². The van der Waals surface area contributed by atoms with Crippen LogP contribution in [0.2, 0.25) is 0 Å². The van der Waals surface area contributed by atoms with E-state index in [2.05, 4.69) is 20.8 Å². The van der Waals surface area contributed by atoms with Crippen LogP contribution in [0, 0.1) is 11.8 Å². The number of hydrogen-bond acceptors (Lipinski definition) is 2. The van der Waals surface area contributed by atoms with Crippen LogP contribution in [0.4, 0.5) is 0 Å². The van der Waals surface area contributed by atoms with Crippen molar-refractivity contribution in [1.29, 1.82) is 0 Å². The lowest BCUT2D eigenvalue weighted by Crippen LogP contribution is -2.22. The van der Waals surface area contributed by atoms with E-state index in [1.807, 2.05) is 6.92 Å². The highest BCUT2D eigenvalue weighted by Gasteiger charge is 2.36. The van der Waals surface area contributed by atoms with Gasteiger partial charge >= 0.3 is 0 Å². The van der Waals surface area contributed by atoms with Crippen molar-refractivity contribution in [1.82, 2.24) is 0 Å². The first-order valence-corrected chi connectivity index (χ1v) is 4.90. The lowest BCUT2D eigenvalue weighted by atomic mass is 9.91. The van der Waals surface area contributed by atoms with Gasteiger partial charge in [-0.3, -0.25) is 0 Å². The first-order valence-electron chi connectivity index (χ1n) is 4.90. The van der Waals surface area contributed by atoms with E-state index < -0.39 is 0 Å². The zero-order chi connectivity index (χ0) is 9.14. The van der Waals surface area contributed by atoms with Gasteiger partial charge in [0.05, 0.1) is 18.8 Å². The first-order chi connectivity index (χ1) is 5.66. The number of hydrogen-bond donors (Lipinski definition) is 0. The molecule has 0 aromatic heterocycles. The van der Waals surface area contributed by atoms with E-state index in [1.54, 1.807) is 0 Å². The molecule has 1 fully saturated rings. The molecule has 0 bridgehead atoms. The smallest absolute Gasteiger partial charge is 0.0841 e. The maximum absolute atomic E-state index is 5.76. The highest BCUT2D eigenvalue weighted by atomic mass is 16.5. The van der Waals surface area contributed by atoms with E-state index in [-0.39, 0.29) is 0 Å². The summed E-state index contributed by atoms with van der Waals surface area (Å²) in [6.07, 6.45) is 0.709. The Hall–Kier alpha value is -0.0800. The van der Waals surface area contributed by atoms with E-state index in [0.717, 1.165) is 13.2 Å². The molecule has 1 heterocycles. The quantitative estimate of drug-likeness (QED) is 0.649. The molecule has 0 amide bonds. The van der Waals surface area contributed by atoms with Gasteiger partial charge in [-0.15, -0.1) is 0 Å². The molecule has 1 aliphatic heterocycles. The minimum absolute atomic E-state index is 0.315. The van der Waals surface area contributed by atoms with E-state index in [4.69, 9.17) is 9.47 Å². The maximum Gasteiger partial charge on any atom is 0.0841 e. The van der Waals surface area contributed by atoms with Gasteiger partial charge in [0.1, 0.15) is 0 Å². The Balaban J connectivity index is 2.36. The van der Waals surface area contributed by atoms with Crippen molar-refractivity contribution in [2.24, 2.45) is 11.8 Å². The summed E-state index contributed by atoms with van der Waals surface area (Å²) < 4.78 is 11.1. The predicted octanol–water partition coefficient (Wildman–Crippen LogP) is 2.08. The van der Waals surface area contributed by atoms with Crippen molar-refractivity contribution in [3.8, 4) is 0 Å². The Morgan fingerprint density at radius 3 is 2.25 bits per heavy atom. The second kappa shape index (κ2) is 4.24. The molecular weight excluding hydrogens is 152 g/mol. The molecule has 1 saturated heterocycles. The normalized spacial score (nSPS) is 42.0. The molecule has 12 heavy (non-hydrogen) atoms. The van der Waals surface area contributed by atoms with Gasteiger partial charge in [0.15, 0.2) is 0 Å². The predicted molar refractivity (Wildman–Crippen MR) is 49.2 cm³/mol. The molecule has 0 radical (unpaired) electrons. The van der Waals surface area contributed by atoms with E-state index in [9.17, 15) is 0 Å². The van der Waals surface area contributed by atoms with Crippen molar-refractivity contribution in [2.75, 3.05) is 13.2 Å². The van der Waals surface area contributed by atoms with Crippen LogP contribution in [0.3, 0.4) is 0 Å². The summed E-state index contributed by atoms with van der Waals surface area (Å²) in [5.74, 6) is 1.29. The molecule has 1 rings (SSSR count). The molecule has 0 saturated carbocycles. The van der Waals surface area contributed by atoms with E-state index in [1.165, 1.54) is 0 Å². The second-order valence-electron chi connectivity index (χ2n) is 3.76. The van der Waals surface area contributed by atoms with Gasteiger partial charge in [-0.1, -0.05) is 13.8 Å². The summed E-state index contributed by atoms with van der Waals surface area (Å²) in [4.78, 5) is 0. The fourth-order valence-electron chi connectivity index (χ4n) is 1.71. The summed E-state index contributed by atoms with van der Waals surface area (Å²) in [5, 5.41) is 0. The van der Waals surface area contributed by atoms with Gasteiger partial charge in [-0.05, 0) is 25.7 Å². The summed E-state index contributed by atoms with van der Waals surface area (Å²) in [6, 6.07) is 0. The third kappa shape index (κ3) is 1.99. The SMILES string of the molecule is CCOCC1OC(C)C(C)C1C. The van der Waals surface area contributed by atoms with Crippen molar-refractivity contribution in [2.45, 2.75) is 39.9 Å². The Kier molecular flexibility index (Phi) is 3.53. The van der Waals surface area contributed by atoms with Crippen molar-refractivity contribution in [3.05, 3.63) is 0 Å². The average Bonchev–Trinajstić information content (AvgIpc) is 2.30. The summed E-state index contributed by atoms with van der Waals surface area (Å²) in [6.45, 7) is 10.2. The van der Waals surface area contributed by atoms with Crippen LogP contribution >= 0.6 is 0 Å². The van der Waals surface area contributed by atoms with Crippen molar-refractivity contribution < 1.29 is 9.47 Å². The molecule has 0 spiro atoms. The lowest BCUT2D eigenvalue weighted by molar-refractivity contribution is -0.0175. The van der Waals surface area contributed by atoms with Gasteiger partial charge in [0, 0.05) is 6.61 Å². The van der Waals surface area contributed by atoms with Crippen molar-refractivity contribution >= 4 is 0 Å². The molecule has 1 aliphatic rings.